The van der Waals surface area contributed by atoms with Crippen LogP contribution >= 0.6 is 11.3 Å². The molecule has 0 fully saturated rings. The van der Waals surface area contributed by atoms with E-state index in [9.17, 15) is 14.9 Å². The first-order chi connectivity index (χ1) is 17.0. The number of furan rings is 2. The van der Waals surface area contributed by atoms with Crippen molar-refractivity contribution in [2.75, 3.05) is 0 Å². The number of nitrogens with zero attached hydrogens (tertiary/aromatic N) is 2. The Morgan fingerprint density at radius 2 is 2.09 bits per heavy atom. The summed E-state index contributed by atoms with van der Waals surface area (Å²) in [5, 5.41) is 15.1. The van der Waals surface area contributed by atoms with Gasteiger partial charge in [-0.3, -0.25) is 14.9 Å². The molecule has 178 valence electrons. The normalized spacial score (nSPS) is 13.2. The van der Waals surface area contributed by atoms with E-state index in [0.717, 1.165) is 36.8 Å². The minimum absolute atomic E-state index is 0.00992. The van der Waals surface area contributed by atoms with E-state index >= 15 is 0 Å². The Morgan fingerprint density at radius 1 is 1.23 bits per heavy atom. The molecule has 8 nitrogen and oxygen atoms in total. The number of hydrogen-bond acceptors (Lipinski definition) is 7. The van der Waals surface area contributed by atoms with Gasteiger partial charge in [0, 0.05) is 10.9 Å². The van der Waals surface area contributed by atoms with Crippen LogP contribution in [0, 0.1) is 17.0 Å². The molecule has 0 unspecified atom stereocenters. The average molecular weight is 490 g/mol. The fourth-order valence-electron chi connectivity index (χ4n) is 4.24. The minimum Gasteiger partial charge on any atom is -0.467 e. The number of carbonyl (C=O) groups excluding carboxylic acids is 1. The summed E-state index contributed by atoms with van der Waals surface area (Å²) in [6.45, 7) is 2.11. The highest BCUT2D eigenvalue weighted by molar-refractivity contribution is 7.16. The van der Waals surface area contributed by atoms with Crippen LogP contribution in [0.4, 0.5) is 10.7 Å². The number of amides is 1. The topological polar surface area (TPSA) is 111 Å². The van der Waals surface area contributed by atoms with Gasteiger partial charge in [0.25, 0.3) is 11.6 Å². The van der Waals surface area contributed by atoms with E-state index in [4.69, 9.17) is 8.83 Å². The number of nitro groups is 1. The largest absolute Gasteiger partial charge is 0.467 e. The highest BCUT2D eigenvalue weighted by Crippen LogP contribution is 2.40. The Hall–Kier alpha value is -3.98. The molecule has 0 radical (unpaired) electrons. The molecule has 0 spiro atoms. The third-order valence-electron chi connectivity index (χ3n) is 5.93. The molecule has 1 N–H and O–H groups in total. The number of nitrogens with one attached hydrogen (secondary N) is 1. The van der Waals surface area contributed by atoms with Crippen LogP contribution in [-0.4, -0.2) is 17.0 Å². The van der Waals surface area contributed by atoms with Crippen LogP contribution in [0.2, 0.25) is 0 Å². The summed E-state index contributed by atoms with van der Waals surface area (Å²) < 4.78 is 11.2. The second-order valence-corrected chi connectivity index (χ2v) is 9.47. The van der Waals surface area contributed by atoms with Crippen molar-refractivity contribution >= 4 is 34.1 Å². The van der Waals surface area contributed by atoms with Crippen molar-refractivity contribution in [2.24, 2.45) is 4.99 Å². The van der Waals surface area contributed by atoms with E-state index < -0.39 is 4.92 Å². The molecule has 3 heterocycles. The summed E-state index contributed by atoms with van der Waals surface area (Å²) in [6, 6.07) is 12.0. The van der Waals surface area contributed by atoms with Crippen molar-refractivity contribution in [3.63, 3.8) is 0 Å². The van der Waals surface area contributed by atoms with Crippen LogP contribution in [0.5, 0.6) is 0 Å². The molecule has 35 heavy (non-hydrogen) atoms. The third kappa shape index (κ3) is 4.81. The Bertz CT molecular complexity index is 1410. The van der Waals surface area contributed by atoms with Crippen molar-refractivity contribution in [2.45, 2.75) is 39.2 Å². The van der Waals surface area contributed by atoms with Crippen LogP contribution in [0.25, 0.3) is 11.3 Å². The van der Waals surface area contributed by atoms with Gasteiger partial charge in [-0.2, -0.15) is 0 Å². The van der Waals surface area contributed by atoms with Gasteiger partial charge in [-0.1, -0.05) is 6.07 Å². The van der Waals surface area contributed by atoms with Crippen molar-refractivity contribution in [1.82, 2.24) is 5.32 Å². The van der Waals surface area contributed by atoms with Crippen LogP contribution in [0.3, 0.4) is 0 Å². The Labute approximate surface area is 205 Å². The zero-order valence-electron chi connectivity index (χ0n) is 19.1. The number of hydrogen-bond donors (Lipinski definition) is 1. The number of aryl methyl sites for hydroxylation is 2. The molecule has 3 aromatic heterocycles. The number of benzene rings is 1. The molecule has 1 amide bonds. The van der Waals surface area contributed by atoms with Crippen LogP contribution < -0.4 is 5.32 Å². The molecule has 0 saturated heterocycles. The summed E-state index contributed by atoms with van der Waals surface area (Å²) >= 11 is 1.53. The van der Waals surface area contributed by atoms with Gasteiger partial charge in [-0.25, -0.2) is 4.99 Å². The summed E-state index contributed by atoms with van der Waals surface area (Å²) in [6.07, 6.45) is 7.07. The lowest BCUT2D eigenvalue weighted by atomic mass is 9.95. The first-order valence-corrected chi connectivity index (χ1v) is 12.2. The van der Waals surface area contributed by atoms with E-state index in [1.54, 1.807) is 43.7 Å². The van der Waals surface area contributed by atoms with Gasteiger partial charge in [-0.05, 0) is 74.1 Å². The SMILES string of the molecule is Cc1ccc(-c2ccc(/C=N\c3sc4c(c3C(=O)NCc3ccco3)CCCC4)o2)c([N+](=O)[O-])c1. The molecule has 0 saturated carbocycles. The number of fused-ring (bicyclic) bond motifs is 1. The predicted octanol–water partition coefficient (Wildman–Crippen LogP) is 6.38. The number of carbonyl (C=O) groups is 1. The Balaban J connectivity index is 1.42. The van der Waals surface area contributed by atoms with Crippen molar-refractivity contribution in [3.05, 3.63) is 91.9 Å². The first kappa shape index (κ1) is 22.8. The standard InChI is InChI=1S/C26H23N3O5S/c1-16-8-10-19(21(13-16)29(31)32)22-11-9-18(34-22)15-28-26-24(20-6-2-3-7-23(20)35-26)25(30)27-14-17-5-4-12-33-17/h4-5,8-13,15H,2-3,6-7,14H2,1H3,(H,27,30)/b28-15-. The molecule has 1 aliphatic rings. The van der Waals surface area contributed by atoms with Crippen molar-refractivity contribution in [3.8, 4) is 11.3 Å². The molecular weight excluding hydrogens is 466 g/mol. The van der Waals surface area contributed by atoms with Crippen LogP contribution in [0.1, 0.15) is 50.7 Å². The van der Waals surface area contributed by atoms with E-state index in [-0.39, 0.29) is 11.6 Å². The second-order valence-electron chi connectivity index (χ2n) is 8.39. The Kier molecular flexibility index (Phi) is 6.33. The molecule has 1 aliphatic carbocycles. The molecule has 1 aromatic carbocycles. The van der Waals surface area contributed by atoms with Gasteiger partial charge in [0.05, 0.1) is 35.1 Å². The fourth-order valence-corrected chi connectivity index (χ4v) is 5.47. The number of nitro benzene ring substituents is 1. The minimum atomic E-state index is -0.414. The summed E-state index contributed by atoms with van der Waals surface area (Å²) in [5.74, 6) is 1.34. The lowest BCUT2D eigenvalue weighted by Crippen LogP contribution is -2.23. The molecule has 0 aliphatic heterocycles. The van der Waals surface area contributed by atoms with Gasteiger partial charge < -0.3 is 14.2 Å². The van der Waals surface area contributed by atoms with Gasteiger partial charge in [0.15, 0.2) is 0 Å². The van der Waals surface area contributed by atoms with Crippen molar-refractivity contribution < 1.29 is 18.6 Å². The monoisotopic (exact) mass is 489 g/mol. The highest BCUT2D eigenvalue weighted by Gasteiger charge is 2.25. The number of thiophene rings is 1. The molecule has 4 aromatic rings. The van der Waals surface area contributed by atoms with Crippen LogP contribution in [-0.2, 0) is 19.4 Å². The van der Waals surface area contributed by atoms with E-state index in [1.165, 1.54) is 22.3 Å². The maximum Gasteiger partial charge on any atom is 0.280 e. The lowest BCUT2D eigenvalue weighted by molar-refractivity contribution is -0.384. The number of aliphatic imine (C=N–C) groups is 1. The summed E-state index contributed by atoms with van der Waals surface area (Å²) in [4.78, 5) is 30.0. The molecule has 0 atom stereocenters. The van der Waals surface area contributed by atoms with Gasteiger partial charge in [-0.15, -0.1) is 11.3 Å². The third-order valence-corrected chi connectivity index (χ3v) is 7.13. The zero-order valence-corrected chi connectivity index (χ0v) is 19.9. The molecule has 0 bridgehead atoms. The van der Waals surface area contributed by atoms with Gasteiger partial charge >= 0.3 is 0 Å². The Morgan fingerprint density at radius 3 is 2.89 bits per heavy atom. The molecule has 9 heteroatoms. The van der Waals surface area contributed by atoms with Gasteiger partial charge in [0.2, 0.25) is 0 Å². The highest BCUT2D eigenvalue weighted by atomic mass is 32.1. The zero-order chi connectivity index (χ0) is 24.4. The van der Waals surface area contributed by atoms with Gasteiger partial charge in [0.1, 0.15) is 22.3 Å². The average Bonchev–Trinajstić information content (AvgIpc) is 3.61. The summed E-state index contributed by atoms with van der Waals surface area (Å²) in [7, 11) is 0. The maximum atomic E-state index is 13.1. The lowest BCUT2D eigenvalue weighted by Gasteiger charge is -2.12. The number of rotatable bonds is 7. The fraction of sp³-hybridized carbons (Fsp3) is 0.231. The summed E-state index contributed by atoms with van der Waals surface area (Å²) in [5.41, 5.74) is 2.87. The second kappa shape index (κ2) is 9.71. The molecular formula is C26H23N3O5S. The van der Waals surface area contributed by atoms with Crippen molar-refractivity contribution in [1.29, 1.82) is 0 Å². The quantitative estimate of drug-likeness (QED) is 0.184. The van der Waals surface area contributed by atoms with E-state index in [2.05, 4.69) is 10.3 Å². The smallest absolute Gasteiger partial charge is 0.280 e. The predicted molar refractivity (Wildman–Crippen MR) is 134 cm³/mol. The first-order valence-electron chi connectivity index (χ1n) is 11.3. The van der Waals surface area contributed by atoms with E-state index in [1.807, 2.05) is 12.1 Å². The van der Waals surface area contributed by atoms with Crippen LogP contribution in [0.15, 0.2) is 62.6 Å². The maximum absolute atomic E-state index is 13.1. The van der Waals surface area contributed by atoms with E-state index in [0.29, 0.717) is 40.0 Å². The molecule has 5 rings (SSSR count).